The van der Waals surface area contributed by atoms with E-state index in [0.29, 0.717) is 31.0 Å². The highest BCUT2D eigenvalue weighted by molar-refractivity contribution is 5.84. The molecule has 3 heterocycles. The Morgan fingerprint density at radius 1 is 0.857 bits per heavy atom. The maximum absolute atomic E-state index is 13.1. The summed E-state index contributed by atoms with van der Waals surface area (Å²) >= 11 is 0. The van der Waals surface area contributed by atoms with Crippen LogP contribution in [0.2, 0.25) is 0 Å². The molecule has 3 fully saturated rings. The van der Waals surface area contributed by atoms with Crippen molar-refractivity contribution in [3.8, 4) is 0 Å². The number of hydrogen-bond donors (Lipinski definition) is 0. The van der Waals surface area contributed by atoms with Crippen molar-refractivity contribution < 1.29 is 9.59 Å². The first-order valence-electron chi connectivity index (χ1n) is 11.1. The Morgan fingerprint density at radius 3 is 2.36 bits per heavy atom. The fourth-order valence-electron chi connectivity index (χ4n) is 5.35. The van der Waals surface area contributed by atoms with Crippen molar-refractivity contribution in [3.63, 3.8) is 0 Å². The van der Waals surface area contributed by atoms with Crippen molar-refractivity contribution in [3.05, 3.63) is 35.4 Å². The van der Waals surface area contributed by atoms with Crippen LogP contribution in [0.3, 0.4) is 0 Å². The van der Waals surface area contributed by atoms with Crippen molar-refractivity contribution in [2.75, 3.05) is 26.2 Å². The highest BCUT2D eigenvalue weighted by Crippen LogP contribution is 2.33. The molecule has 4 aliphatic rings. The Morgan fingerprint density at radius 2 is 1.61 bits per heavy atom. The fourth-order valence-corrected chi connectivity index (χ4v) is 5.35. The Balaban J connectivity index is 1.15. The predicted octanol–water partition coefficient (Wildman–Crippen LogP) is 2.44. The summed E-state index contributed by atoms with van der Waals surface area (Å²) in [6.45, 7) is 4.59. The lowest BCUT2D eigenvalue weighted by Crippen LogP contribution is -2.52. The van der Waals surface area contributed by atoms with Gasteiger partial charge in [-0.1, -0.05) is 24.3 Å². The minimum atomic E-state index is 0.0247. The predicted molar refractivity (Wildman–Crippen MR) is 108 cm³/mol. The van der Waals surface area contributed by atoms with Crippen molar-refractivity contribution in [2.45, 2.75) is 63.6 Å². The Bertz CT molecular complexity index is 752. The van der Waals surface area contributed by atoms with Crippen LogP contribution in [-0.4, -0.2) is 64.8 Å². The molecule has 1 saturated carbocycles. The zero-order valence-electron chi connectivity index (χ0n) is 16.7. The van der Waals surface area contributed by atoms with Gasteiger partial charge in [-0.3, -0.25) is 14.5 Å². The number of likely N-dealkylation sites (tertiary alicyclic amines) is 2. The van der Waals surface area contributed by atoms with Crippen LogP contribution in [0.1, 0.15) is 49.7 Å². The van der Waals surface area contributed by atoms with Crippen molar-refractivity contribution in [2.24, 2.45) is 5.92 Å². The summed E-state index contributed by atoms with van der Waals surface area (Å²) in [6, 6.07) is 9.82. The quantitative estimate of drug-likeness (QED) is 0.808. The summed E-state index contributed by atoms with van der Waals surface area (Å²) in [6.07, 6.45) is 6.83. The van der Waals surface area contributed by atoms with E-state index in [0.717, 1.165) is 64.7 Å². The molecule has 5 nitrogen and oxygen atoms in total. The SMILES string of the molecule is O=C([C@@H]1CCC(=O)N(C2CC2)C1)N1CCC(N2CCc3ccccc3C2)CC1. The fraction of sp³-hybridized carbons (Fsp3) is 0.652. The Kier molecular flexibility index (Phi) is 4.87. The molecular weight excluding hydrogens is 350 g/mol. The highest BCUT2D eigenvalue weighted by atomic mass is 16.2. The standard InChI is InChI=1S/C23H31N3O2/c27-22-8-5-19(16-26(22)21-6-7-21)23(28)24-13-10-20(11-14-24)25-12-9-17-3-1-2-4-18(17)15-25/h1-4,19-21H,5-16H2/t19-/m1/s1. The average Bonchev–Trinajstić information content (AvgIpc) is 3.59. The van der Waals surface area contributed by atoms with Gasteiger partial charge in [0.15, 0.2) is 0 Å². The van der Waals surface area contributed by atoms with Gasteiger partial charge in [0.05, 0.1) is 5.92 Å². The number of carbonyl (C=O) groups excluding carboxylic acids is 2. The third-order valence-corrected chi connectivity index (χ3v) is 7.23. The van der Waals surface area contributed by atoms with Crippen LogP contribution >= 0.6 is 0 Å². The third-order valence-electron chi connectivity index (χ3n) is 7.23. The normalized spacial score (nSPS) is 27.0. The van der Waals surface area contributed by atoms with Gasteiger partial charge in [-0.2, -0.15) is 0 Å². The first-order chi connectivity index (χ1) is 13.7. The van der Waals surface area contributed by atoms with Crippen LogP contribution in [0.5, 0.6) is 0 Å². The lowest BCUT2D eigenvalue weighted by Gasteiger charge is -2.42. The highest BCUT2D eigenvalue weighted by Gasteiger charge is 2.40. The first kappa shape index (κ1) is 18.2. The maximum Gasteiger partial charge on any atom is 0.227 e. The van der Waals surface area contributed by atoms with Crippen LogP contribution in [0.15, 0.2) is 24.3 Å². The molecule has 3 aliphatic heterocycles. The minimum Gasteiger partial charge on any atom is -0.342 e. The van der Waals surface area contributed by atoms with Gasteiger partial charge in [-0.05, 0) is 49.7 Å². The molecule has 0 bridgehead atoms. The monoisotopic (exact) mass is 381 g/mol. The summed E-state index contributed by atoms with van der Waals surface area (Å²) < 4.78 is 0. The number of benzene rings is 1. The summed E-state index contributed by atoms with van der Waals surface area (Å²) in [5.41, 5.74) is 2.97. The van der Waals surface area contributed by atoms with Crippen molar-refractivity contribution in [1.82, 2.24) is 14.7 Å². The van der Waals surface area contributed by atoms with E-state index in [1.54, 1.807) is 0 Å². The van der Waals surface area contributed by atoms with Gasteiger partial charge in [0, 0.05) is 51.2 Å². The van der Waals surface area contributed by atoms with Crippen molar-refractivity contribution >= 4 is 11.8 Å². The van der Waals surface area contributed by atoms with E-state index in [2.05, 4.69) is 34.1 Å². The van der Waals surface area contributed by atoms with E-state index in [9.17, 15) is 9.59 Å². The van der Waals surface area contributed by atoms with E-state index in [4.69, 9.17) is 0 Å². The molecule has 0 spiro atoms. The summed E-state index contributed by atoms with van der Waals surface area (Å²) in [7, 11) is 0. The number of fused-ring (bicyclic) bond motifs is 1. The van der Waals surface area contributed by atoms with E-state index in [-0.39, 0.29) is 11.8 Å². The molecule has 5 heteroatoms. The number of amides is 2. The average molecular weight is 382 g/mol. The molecule has 0 unspecified atom stereocenters. The van der Waals surface area contributed by atoms with Crippen LogP contribution in [-0.2, 0) is 22.6 Å². The zero-order chi connectivity index (χ0) is 19.1. The second-order valence-electron chi connectivity index (χ2n) is 9.06. The van der Waals surface area contributed by atoms with Crippen molar-refractivity contribution in [1.29, 1.82) is 0 Å². The van der Waals surface area contributed by atoms with E-state index < -0.39 is 0 Å². The van der Waals surface area contributed by atoms with E-state index in [1.807, 2.05) is 4.90 Å². The van der Waals surface area contributed by atoms with Gasteiger partial charge >= 0.3 is 0 Å². The molecule has 2 amide bonds. The Hall–Kier alpha value is -1.88. The van der Waals surface area contributed by atoms with Crippen LogP contribution in [0.4, 0.5) is 0 Å². The lowest BCUT2D eigenvalue weighted by atomic mass is 9.93. The molecule has 5 rings (SSSR count). The summed E-state index contributed by atoms with van der Waals surface area (Å²) in [5.74, 6) is 0.577. The molecule has 0 aromatic heterocycles. The lowest BCUT2D eigenvalue weighted by molar-refractivity contribution is -0.144. The van der Waals surface area contributed by atoms with Gasteiger partial charge in [-0.25, -0.2) is 0 Å². The first-order valence-corrected chi connectivity index (χ1v) is 11.1. The number of nitrogens with zero attached hydrogens (tertiary/aromatic N) is 3. The van der Waals surface area contributed by atoms with Crippen LogP contribution in [0, 0.1) is 5.92 Å². The topological polar surface area (TPSA) is 43.9 Å². The van der Waals surface area contributed by atoms with Crippen LogP contribution < -0.4 is 0 Å². The molecule has 0 N–H and O–H groups in total. The minimum absolute atomic E-state index is 0.0247. The number of piperidine rings is 2. The zero-order valence-corrected chi connectivity index (χ0v) is 16.7. The molecule has 28 heavy (non-hydrogen) atoms. The molecular formula is C23H31N3O2. The second-order valence-corrected chi connectivity index (χ2v) is 9.06. The molecule has 2 saturated heterocycles. The molecule has 150 valence electrons. The molecule has 0 radical (unpaired) electrons. The Labute approximate surface area is 167 Å². The second kappa shape index (κ2) is 7.51. The van der Waals surface area contributed by atoms with Crippen LogP contribution in [0.25, 0.3) is 0 Å². The summed E-state index contributed by atoms with van der Waals surface area (Å²) in [5, 5.41) is 0. The number of rotatable bonds is 3. The van der Waals surface area contributed by atoms with Gasteiger partial charge < -0.3 is 9.80 Å². The molecule has 1 aliphatic carbocycles. The molecule has 1 atom stereocenters. The van der Waals surface area contributed by atoms with E-state index in [1.165, 1.54) is 11.1 Å². The third kappa shape index (κ3) is 3.57. The molecule has 1 aromatic rings. The maximum atomic E-state index is 13.1. The van der Waals surface area contributed by atoms with Gasteiger partial charge in [0.1, 0.15) is 0 Å². The van der Waals surface area contributed by atoms with Gasteiger partial charge in [-0.15, -0.1) is 0 Å². The number of hydrogen-bond acceptors (Lipinski definition) is 3. The summed E-state index contributed by atoms with van der Waals surface area (Å²) in [4.78, 5) is 31.9. The van der Waals surface area contributed by atoms with Gasteiger partial charge in [0.2, 0.25) is 11.8 Å². The van der Waals surface area contributed by atoms with E-state index >= 15 is 0 Å². The van der Waals surface area contributed by atoms with Gasteiger partial charge in [0.25, 0.3) is 0 Å². The largest absolute Gasteiger partial charge is 0.342 e. The number of carbonyl (C=O) groups is 2. The molecule has 1 aromatic carbocycles. The smallest absolute Gasteiger partial charge is 0.227 e.